The highest BCUT2D eigenvalue weighted by atomic mass is 79.9. The Labute approximate surface area is 84.4 Å². The van der Waals surface area contributed by atoms with Gasteiger partial charge in [-0.25, -0.2) is 0 Å². The lowest BCUT2D eigenvalue weighted by atomic mass is 10.1. The molecule has 70 valence electrons. The molecule has 1 N–H and O–H groups in total. The van der Waals surface area contributed by atoms with Crippen molar-refractivity contribution >= 4 is 15.9 Å². The lowest BCUT2D eigenvalue weighted by Crippen LogP contribution is -1.97. The number of rotatable bonds is 2. The van der Waals surface area contributed by atoms with Gasteiger partial charge in [0.15, 0.2) is 11.5 Å². The highest BCUT2D eigenvalue weighted by Gasteiger charge is 2.15. The van der Waals surface area contributed by atoms with Crippen LogP contribution in [-0.2, 0) is 0 Å². The van der Waals surface area contributed by atoms with Gasteiger partial charge in [-0.2, -0.15) is 0 Å². The van der Waals surface area contributed by atoms with Crippen molar-refractivity contribution in [3.05, 3.63) is 23.8 Å². The summed E-state index contributed by atoms with van der Waals surface area (Å²) in [6.07, 6.45) is -0.491. The molecule has 0 amide bonds. The minimum absolute atomic E-state index is 0.267. The van der Waals surface area contributed by atoms with E-state index in [4.69, 9.17) is 9.47 Å². The molecule has 0 bridgehead atoms. The van der Waals surface area contributed by atoms with Crippen molar-refractivity contribution in [1.29, 1.82) is 0 Å². The molecule has 1 aliphatic heterocycles. The van der Waals surface area contributed by atoms with Gasteiger partial charge in [-0.15, -0.1) is 0 Å². The summed E-state index contributed by atoms with van der Waals surface area (Å²) in [5.41, 5.74) is 0.834. The minimum atomic E-state index is -0.491. The van der Waals surface area contributed by atoms with Crippen LogP contribution in [0, 0.1) is 0 Å². The summed E-state index contributed by atoms with van der Waals surface area (Å²) in [5.74, 6) is 1.45. The van der Waals surface area contributed by atoms with Crippen molar-refractivity contribution in [2.24, 2.45) is 0 Å². The fourth-order valence-corrected chi connectivity index (χ4v) is 1.58. The Hall–Kier alpha value is -0.740. The molecule has 0 fully saturated rings. The van der Waals surface area contributed by atoms with Crippen LogP contribution in [0.25, 0.3) is 0 Å². The summed E-state index contributed by atoms with van der Waals surface area (Å²) in [6.45, 7) is 0.267. The van der Waals surface area contributed by atoms with Crippen molar-refractivity contribution in [2.45, 2.75) is 6.10 Å². The van der Waals surface area contributed by atoms with Crippen LogP contribution in [0.2, 0.25) is 0 Å². The van der Waals surface area contributed by atoms with Gasteiger partial charge in [0.2, 0.25) is 6.79 Å². The summed E-state index contributed by atoms with van der Waals surface area (Å²) >= 11 is 3.21. The molecule has 0 unspecified atom stereocenters. The van der Waals surface area contributed by atoms with E-state index in [1.54, 1.807) is 6.07 Å². The van der Waals surface area contributed by atoms with E-state index in [1.165, 1.54) is 0 Å². The number of ether oxygens (including phenoxy) is 2. The van der Waals surface area contributed by atoms with Gasteiger partial charge < -0.3 is 14.6 Å². The second-order valence-corrected chi connectivity index (χ2v) is 3.43. The maximum absolute atomic E-state index is 9.52. The first-order chi connectivity index (χ1) is 6.31. The third-order valence-corrected chi connectivity index (χ3v) is 2.54. The van der Waals surface area contributed by atoms with Gasteiger partial charge in [-0.05, 0) is 17.7 Å². The quantitative estimate of drug-likeness (QED) is 0.808. The average Bonchev–Trinajstić information content (AvgIpc) is 2.63. The lowest BCUT2D eigenvalue weighted by molar-refractivity contribution is 0.173. The third kappa shape index (κ3) is 1.64. The summed E-state index contributed by atoms with van der Waals surface area (Å²) in [4.78, 5) is 0. The standard InChI is InChI=1S/C9H9BrO3/c10-4-7(11)6-1-2-8-9(3-6)13-5-12-8/h1-3,7,11H,4-5H2/t7-/m0/s1. The van der Waals surface area contributed by atoms with E-state index in [0.717, 1.165) is 11.3 Å². The highest BCUT2D eigenvalue weighted by molar-refractivity contribution is 9.09. The molecule has 4 heteroatoms. The second kappa shape index (κ2) is 3.55. The molecule has 0 aliphatic carbocycles. The summed E-state index contributed by atoms with van der Waals surface area (Å²) < 4.78 is 10.3. The van der Waals surface area contributed by atoms with Gasteiger partial charge in [0.05, 0.1) is 6.10 Å². The Bertz CT molecular complexity index is 314. The first-order valence-electron chi connectivity index (χ1n) is 3.95. The maximum atomic E-state index is 9.52. The fourth-order valence-electron chi connectivity index (χ4n) is 1.21. The molecule has 1 aromatic carbocycles. The fraction of sp³-hybridized carbons (Fsp3) is 0.333. The largest absolute Gasteiger partial charge is 0.454 e. The molecular weight excluding hydrogens is 236 g/mol. The molecule has 0 aromatic heterocycles. The van der Waals surface area contributed by atoms with Crippen molar-refractivity contribution in [3.63, 3.8) is 0 Å². The van der Waals surface area contributed by atoms with Gasteiger partial charge in [0, 0.05) is 5.33 Å². The van der Waals surface area contributed by atoms with Crippen LogP contribution < -0.4 is 9.47 Å². The number of benzene rings is 1. The van der Waals surface area contributed by atoms with Gasteiger partial charge >= 0.3 is 0 Å². The van der Waals surface area contributed by atoms with E-state index < -0.39 is 6.10 Å². The number of halogens is 1. The molecule has 0 saturated carbocycles. The van der Waals surface area contributed by atoms with E-state index in [0.29, 0.717) is 11.1 Å². The normalized spacial score (nSPS) is 15.8. The predicted molar refractivity (Wildman–Crippen MR) is 51.3 cm³/mol. The lowest BCUT2D eigenvalue weighted by Gasteiger charge is -2.07. The molecule has 0 saturated heterocycles. The van der Waals surface area contributed by atoms with Crippen LogP contribution in [0.4, 0.5) is 0 Å². The van der Waals surface area contributed by atoms with E-state index in [2.05, 4.69) is 15.9 Å². The topological polar surface area (TPSA) is 38.7 Å². The SMILES string of the molecule is O[C@@H](CBr)c1ccc2c(c1)OCO2. The Kier molecular flexibility index (Phi) is 2.42. The van der Waals surface area contributed by atoms with E-state index in [1.807, 2.05) is 12.1 Å². The maximum Gasteiger partial charge on any atom is 0.231 e. The average molecular weight is 245 g/mol. The van der Waals surface area contributed by atoms with Crippen LogP contribution in [0.3, 0.4) is 0 Å². The second-order valence-electron chi connectivity index (χ2n) is 2.78. The highest BCUT2D eigenvalue weighted by Crippen LogP contribution is 2.34. The van der Waals surface area contributed by atoms with Crippen molar-refractivity contribution in [3.8, 4) is 11.5 Å². The Balaban J connectivity index is 2.30. The number of alkyl halides is 1. The molecule has 0 radical (unpaired) electrons. The first kappa shape index (κ1) is 8.84. The number of hydrogen-bond acceptors (Lipinski definition) is 3. The number of fused-ring (bicyclic) bond motifs is 1. The summed E-state index contributed by atoms with van der Waals surface area (Å²) in [7, 11) is 0. The first-order valence-corrected chi connectivity index (χ1v) is 5.07. The number of aliphatic hydroxyl groups is 1. The van der Waals surface area contributed by atoms with Crippen LogP contribution in [0.5, 0.6) is 11.5 Å². The number of hydrogen-bond donors (Lipinski definition) is 1. The van der Waals surface area contributed by atoms with Crippen LogP contribution in [-0.4, -0.2) is 17.2 Å². The summed E-state index contributed by atoms with van der Waals surface area (Å²) in [6, 6.07) is 5.44. The molecular formula is C9H9BrO3. The van der Waals surface area contributed by atoms with Crippen LogP contribution >= 0.6 is 15.9 Å². The van der Waals surface area contributed by atoms with E-state index in [-0.39, 0.29) is 6.79 Å². The zero-order chi connectivity index (χ0) is 9.26. The molecule has 1 aromatic rings. The van der Waals surface area contributed by atoms with Gasteiger partial charge in [-0.3, -0.25) is 0 Å². The van der Waals surface area contributed by atoms with E-state index in [9.17, 15) is 5.11 Å². The van der Waals surface area contributed by atoms with Gasteiger partial charge in [-0.1, -0.05) is 22.0 Å². The van der Waals surface area contributed by atoms with Crippen molar-refractivity contribution in [2.75, 3.05) is 12.1 Å². The molecule has 3 nitrogen and oxygen atoms in total. The van der Waals surface area contributed by atoms with Crippen LogP contribution in [0.15, 0.2) is 18.2 Å². The monoisotopic (exact) mass is 244 g/mol. The molecule has 1 aliphatic rings. The van der Waals surface area contributed by atoms with Crippen molar-refractivity contribution < 1.29 is 14.6 Å². The zero-order valence-electron chi connectivity index (χ0n) is 6.87. The predicted octanol–water partition coefficient (Wildman–Crippen LogP) is 1.84. The Morgan fingerprint density at radius 2 is 2.15 bits per heavy atom. The molecule has 13 heavy (non-hydrogen) atoms. The zero-order valence-corrected chi connectivity index (χ0v) is 8.45. The third-order valence-electron chi connectivity index (χ3n) is 1.93. The molecule has 1 atom stereocenters. The van der Waals surface area contributed by atoms with Gasteiger partial charge in [0.25, 0.3) is 0 Å². The molecule has 0 spiro atoms. The summed E-state index contributed by atoms with van der Waals surface area (Å²) in [5, 5.41) is 10.0. The molecule has 1 heterocycles. The van der Waals surface area contributed by atoms with Crippen molar-refractivity contribution in [1.82, 2.24) is 0 Å². The minimum Gasteiger partial charge on any atom is -0.454 e. The van der Waals surface area contributed by atoms with Gasteiger partial charge in [0.1, 0.15) is 0 Å². The van der Waals surface area contributed by atoms with Crippen LogP contribution in [0.1, 0.15) is 11.7 Å². The van der Waals surface area contributed by atoms with E-state index >= 15 is 0 Å². The Morgan fingerprint density at radius 3 is 2.92 bits per heavy atom. The smallest absolute Gasteiger partial charge is 0.231 e. The Morgan fingerprint density at radius 1 is 1.38 bits per heavy atom. The molecule has 2 rings (SSSR count). The number of aliphatic hydroxyl groups excluding tert-OH is 1.